The number of carbonyl (C=O) groups is 2. The van der Waals surface area contributed by atoms with Crippen molar-refractivity contribution >= 4 is 11.8 Å². The molecule has 2 aromatic carbocycles. The molecule has 4 rings (SSSR count). The lowest BCUT2D eigenvalue weighted by Crippen LogP contribution is -2.45. The van der Waals surface area contributed by atoms with E-state index in [1.807, 2.05) is 67.6 Å². The second-order valence-electron chi connectivity index (χ2n) is 10.6. The van der Waals surface area contributed by atoms with Crippen molar-refractivity contribution in [2.24, 2.45) is 0 Å². The summed E-state index contributed by atoms with van der Waals surface area (Å²) in [6.45, 7) is 6.20. The summed E-state index contributed by atoms with van der Waals surface area (Å²) in [6.07, 6.45) is 4.03. The SMILES string of the molecule is COc1ccc(CCN(Cc2ccc(C)o2)C(=O)CN(CCN2CCCC2)C(=O)CCc2ccccc2)cc1OC. The van der Waals surface area contributed by atoms with Crippen LogP contribution in [-0.4, -0.2) is 80.0 Å². The van der Waals surface area contributed by atoms with E-state index in [2.05, 4.69) is 4.90 Å². The predicted molar refractivity (Wildman–Crippen MR) is 159 cm³/mol. The Morgan fingerprint density at radius 2 is 1.59 bits per heavy atom. The molecule has 0 N–H and O–H groups in total. The maximum Gasteiger partial charge on any atom is 0.242 e. The fourth-order valence-electron chi connectivity index (χ4n) is 5.23. The Balaban J connectivity index is 1.46. The van der Waals surface area contributed by atoms with E-state index in [9.17, 15) is 9.59 Å². The van der Waals surface area contributed by atoms with Crippen molar-refractivity contribution in [1.82, 2.24) is 14.7 Å². The van der Waals surface area contributed by atoms with E-state index >= 15 is 0 Å². The third-order valence-corrected chi connectivity index (χ3v) is 7.65. The molecule has 0 spiro atoms. The Labute approximate surface area is 243 Å². The zero-order valence-electron chi connectivity index (χ0n) is 24.6. The van der Waals surface area contributed by atoms with Gasteiger partial charge in [-0.3, -0.25) is 9.59 Å². The minimum absolute atomic E-state index is 0.00934. The van der Waals surface area contributed by atoms with Crippen molar-refractivity contribution in [2.45, 2.75) is 45.6 Å². The number of hydrogen-bond acceptors (Lipinski definition) is 6. The van der Waals surface area contributed by atoms with Gasteiger partial charge in [0.1, 0.15) is 11.5 Å². The van der Waals surface area contributed by atoms with Gasteiger partial charge < -0.3 is 28.6 Å². The first-order valence-electron chi connectivity index (χ1n) is 14.5. The van der Waals surface area contributed by atoms with E-state index in [1.165, 1.54) is 12.8 Å². The Kier molecular flexibility index (Phi) is 11.3. The van der Waals surface area contributed by atoms with E-state index in [0.29, 0.717) is 50.4 Å². The number of ether oxygens (including phenoxy) is 2. The topological polar surface area (TPSA) is 75.5 Å². The summed E-state index contributed by atoms with van der Waals surface area (Å²) < 4.78 is 16.7. The quantitative estimate of drug-likeness (QED) is 0.267. The number of methoxy groups -OCH3 is 2. The van der Waals surface area contributed by atoms with Gasteiger partial charge in [-0.25, -0.2) is 0 Å². The van der Waals surface area contributed by atoms with Crippen LogP contribution in [0.5, 0.6) is 11.5 Å². The Morgan fingerprint density at radius 1 is 0.829 bits per heavy atom. The van der Waals surface area contributed by atoms with Crippen LogP contribution < -0.4 is 9.47 Å². The lowest BCUT2D eigenvalue weighted by atomic mass is 10.1. The van der Waals surface area contributed by atoms with Crippen LogP contribution >= 0.6 is 0 Å². The van der Waals surface area contributed by atoms with Gasteiger partial charge in [0, 0.05) is 26.1 Å². The van der Waals surface area contributed by atoms with Crippen molar-refractivity contribution in [3.05, 3.63) is 83.3 Å². The van der Waals surface area contributed by atoms with Gasteiger partial charge in [-0.1, -0.05) is 36.4 Å². The molecule has 1 fully saturated rings. The molecule has 8 heteroatoms. The molecule has 0 atom stereocenters. The number of amides is 2. The molecule has 0 unspecified atom stereocenters. The predicted octanol–water partition coefficient (Wildman–Crippen LogP) is 4.73. The average molecular weight is 562 g/mol. The molecule has 0 aliphatic carbocycles. The first-order chi connectivity index (χ1) is 19.9. The maximum absolute atomic E-state index is 13.8. The van der Waals surface area contributed by atoms with Gasteiger partial charge in [0.05, 0.1) is 27.3 Å². The Hall–Kier alpha value is -3.78. The second kappa shape index (κ2) is 15.3. The molecule has 1 aliphatic heterocycles. The number of carbonyl (C=O) groups excluding carboxylic acids is 2. The highest BCUT2D eigenvalue weighted by molar-refractivity contribution is 5.85. The Bertz CT molecular complexity index is 1250. The highest BCUT2D eigenvalue weighted by Crippen LogP contribution is 2.28. The highest BCUT2D eigenvalue weighted by atomic mass is 16.5. The normalized spacial score (nSPS) is 13.2. The van der Waals surface area contributed by atoms with Crippen molar-refractivity contribution in [3.8, 4) is 11.5 Å². The molecule has 1 saturated heterocycles. The molecule has 0 radical (unpaired) electrons. The summed E-state index contributed by atoms with van der Waals surface area (Å²) in [7, 11) is 3.22. The number of aryl methyl sites for hydroxylation is 2. The first kappa shape index (κ1) is 30.2. The van der Waals surface area contributed by atoms with Gasteiger partial charge in [0.2, 0.25) is 11.8 Å². The van der Waals surface area contributed by atoms with Crippen molar-refractivity contribution < 1.29 is 23.5 Å². The van der Waals surface area contributed by atoms with Crippen LogP contribution in [0.1, 0.15) is 41.9 Å². The van der Waals surface area contributed by atoms with Crippen LogP contribution in [0.25, 0.3) is 0 Å². The summed E-state index contributed by atoms with van der Waals surface area (Å²) in [6, 6.07) is 19.6. The van der Waals surface area contributed by atoms with Crippen molar-refractivity contribution in [3.63, 3.8) is 0 Å². The molecule has 1 aromatic heterocycles. The second-order valence-corrected chi connectivity index (χ2v) is 10.6. The van der Waals surface area contributed by atoms with Gasteiger partial charge in [-0.2, -0.15) is 0 Å². The molecular weight excluding hydrogens is 518 g/mol. The molecule has 3 aromatic rings. The van der Waals surface area contributed by atoms with E-state index in [4.69, 9.17) is 13.9 Å². The molecule has 0 bridgehead atoms. The van der Waals surface area contributed by atoms with Gasteiger partial charge in [0.25, 0.3) is 0 Å². The smallest absolute Gasteiger partial charge is 0.242 e. The van der Waals surface area contributed by atoms with Crippen LogP contribution in [0, 0.1) is 6.92 Å². The summed E-state index contributed by atoms with van der Waals surface area (Å²) in [5, 5.41) is 0. The molecule has 2 heterocycles. The molecule has 41 heavy (non-hydrogen) atoms. The molecule has 220 valence electrons. The lowest BCUT2D eigenvalue weighted by molar-refractivity contribution is -0.141. The first-order valence-corrected chi connectivity index (χ1v) is 14.5. The van der Waals surface area contributed by atoms with Gasteiger partial charge in [-0.05, 0) is 81.1 Å². The van der Waals surface area contributed by atoms with Crippen molar-refractivity contribution in [2.75, 3.05) is 53.5 Å². The number of rotatable bonds is 15. The van der Waals surface area contributed by atoms with E-state index < -0.39 is 0 Å². The van der Waals surface area contributed by atoms with Crippen LogP contribution in [-0.2, 0) is 29.0 Å². The monoisotopic (exact) mass is 561 g/mol. The van der Waals surface area contributed by atoms with Crippen LogP contribution in [0.15, 0.2) is 65.1 Å². The van der Waals surface area contributed by atoms with Gasteiger partial charge >= 0.3 is 0 Å². The van der Waals surface area contributed by atoms with E-state index in [0.717, 1.165) is 42.3 Å². The zero-order valence-corrected chi connectivity index (χ0v) is 24.6. The fourth-order valence-corrected chi connectivity index (χ4v) is 5.23. The number of nitrogens with zero attached hydrogens (tertiary/aromatic N) is 3. The van der Waals surface area contributed by atoms with Gasteiger partial charge in [0.15, 0.2) is 11.5 Å². The summed E-state index contributed by atoms with van der Waals surface area (Å²) >= 11 is 0. The average Bonchev–Trinajstić information content (AvgIpc) is 3.67. The van der Waals surface area contributed by atoms with Crippen LogP contribution in [0.4, 0.5) is 0 Å². The van der Waals surface area contributed by atoms with Gasteiger partial charge in [-0.15, -0.1) is 0 Å². The number of likely N-dealkylation sites (tertiary alicyclic amines) is 1. The van der Waals surface area contributed by atoms with E-state index in [1.54, 1.807) is 24.0 Å². The summed E-state index contributed by atoms with van der Waals surface area (Å²) in [4.78, 5) is 33.2. The molecule has 2 amide bonds. The minimum Gasteiger partial charge on any atom is -0.493 e. The molecule has 8 nitrogen and oxygen atoms in total. The molecule has 0 saturated carbocycles. The number of benzene rings is 2. The van der Waals surface area contributed by atoms with Crippen LogP contribution in [0.3, 0.4) is 0 Å². The standard InChI is InChI=1S/C33H43N3O5/c1-26-11-14-29(41-26)24-35(20-17-28-12-15-30(39-2)31(23-28)40-3)33(38)25-36(22-21-34-18-7-8-19-34)32(37)16-13-27-9-5-4-6-10-27/h4-6,9-12,14-15,23H,7-8,13,16-22,24-25H2,1-3H3. The molecular formula is C33H43N3O5. The highest BCUT2D eigenvalue weighted by Gasteiger charge is 2.24. The minimum atomic E-state index is -0.0889. The largest absolute Gasteiger partial charge is 0.493 e. The summed E-state index contributed by atoms with van der Waals surface area (Å²) in [5.41, 5.74) is 2.15. The Morgan fingerprint density at radius 3 is 2.27 bits per heavy atom. The lowest BCUT2D eigenvalue weighted by Gasteiger charge is -2.29. The number of furan rings is 1. The zero-order chi connectivity index (χ0) is 29.0. The molecule has 1 aliphatic rings. The fraction of sp³-hybridized carbons (Fsp3) is 0.455. The van der Waals surface area contributed by atoms with Crippen molar-refractivity contribution in [1.29, 1.82) is 0 Å². The van der Waals surface area contributed by atoms with E-state index in [-0.39, 0.29) is 18.4 Å². The third-order valence-electron chi connectivity index (χ3n) is 7.65. The van der Waals surface area contributed by atoms with Crippen LogP contribution in [0.2, 0.25) is 0 Å². The summed E-state index contributed by atoms with van der Waals surface area (Å²) in [5.74, 6) is 2.77. The maximum atomic E-state index is 13.8. The third kappa shape index (κ3) is 9.11. The number of hydrogen-bond donors (Lipinski definition) is 0.